The summed E-state index contributed by atoms with van der Waals surface area (Å²) in [4.78, 5) is 10.9. The molecule has 0 aliphatic carbocycles. The van der Waals surface area contributed by atoms with Crippen molar-refractivity contribution in [3.8, 4) is 0 Å². The van der Waals surface area contributed by atoms with E-state index >= 15 is 0 Å². The Morgan fingerprint density at radius 3 is 2.70 bits per heavy atom. The topological polar surface area (TPSA) is 49.3 Å². The van der Waals surface area contributed by atoms with Crippen molar-refractivity contribution in [2.75, 3.05) is 11.9 Å². The number of nitrogens with one attached hydrogen (secondary N) is 1. The van der Waals surface area contributed by atoms with Crippen LogP contribution < -0.4 is 5.32 Å². The number of rotatable bonds is 5. The molecule has 0 aliphatic rings. The fraction of sp³-hybridized carbons (Fsp3) is 0.133. The molecule has 2 aromatic rings. The zero-order chi connectivity index (χ0) is 14.5. The van der Waals surface area contributed by atoms with Crippen molar-refractivity contribution in [2.24, 2.45) is 0 Å². The first-order chi connectivity index (χ1) is 9.56. The van der Waals surface area contributed by atoms with Gasteiger partial charge in [0.25, 0.3) is 0 Å². The van der Waals surface area contributed by atoms with Gasteiger partial charge < -0.3 is 10.4 Å². The molecule has 0 saturated heterocycles. The van der Waals surface area contributed by atoms with Gasteiger partial charge in [-0.2, -0.15) is 0 Å². The minimum absolute atomic E-state index is 0.202. The molecule has 0 bridgehead atoms. The molecule has 20 heavy (non-hydrogen) atoms. The van der Waals surface area contributed by atoms with Crippen LogP contribution in [0.2, 0.25) is 0 Å². The van der Waals surface area contributed by atoms with Crippen LogP contribution in [0.1, 0.15) is 15.9 Å². The summed E-state index contributed by atoms with van der Waals surface area (Å²) < 4.78 is 14.1. The number of carboxylic acid groups (broad SMARTS) is 1. The van der Waals surface area contributed by atoms with E-state index in [-0.39, 0.29) is 11.4 Å². The Balaban J connectivity index is 2.01. The summed E-state index contributed by atoms with van der Waals surface area (Å²) in [6.07, 6.45) is 0.529. The van der Waals surface area contributed by atoms with Gasteiger partial charge in [0.2, 0.25) is 0 Å². The molecule has 0 aromatic heterocycles. The minimum Gasteiger partial charge on any atom is -0.478 e. The second-order valence-electron chi connectivity index (χ2n) is 4.30. The zero-order valence-corrected chi connectivity index (χ0v) is 12.2. The van der Waals surface area contributed by atoms with E-state index in [1.165, 1.54) is 12.1 Å². The average Bonchev–Trinajstić information content (AvgIpc) is 2.40. The maximum absolute atomic E-state index is 13.4. The molecule has 0 radical (unpaired) electrons. The van der Waals surface area contributed by atoms with Crippen molar-refractivity contribution in [1.82, 2.24) is 0 Å². The molecule has 0 saturated carbocycles. The normalized spacial score (nSPS) is 10.3. The highest BCUT2D eigenvalue weighted by Gasteiger charge is 2.06. The third kappa shape index (κ3) is 3.81. The molecule has 2 N–H and O–H groups in total. The van der Waals surface area contributed by atoms with Gasteiger partial charge in [-0.05, 0) is 36.2 Å². The summed E-state index contributed by atoms with van der Waals surface area (Å²) in [5.74, 6) is -1.21. The van der Waals surface area contributed by atoms with E-state index in [1.54, 1.807) is 30.3 Å². The average molecular weight is 338 g/mol. The molecule has 3 nitrogen and oxygen atoms in total. The van der Waals surface area contributed by atoms with E-state index in [2.05, 4.69) is 21.2 Å². The zero-order valence-electron chi connectivity index (χ0n) is 10.6. The third-order valence-corrected chi connectivity index (χ3v) is 3.28. The van der Waals surface area contributed by atoms with Crippen LogP contribution in [-0.4, -0.2) is 17.6 Å². The van der Waals surface area contributed by atoms with Gasteiger partial charge in [-0.15, -0.1) is 0 Å². The van der Waals surface area contributed by atoms with Crippen molar-refractivity contribution < 1.29 is 14.3 Å². The molecule has 5 heteroatoms. The van der Waals surface area contributed by atoms with Gasteiger partial charge in [0.05, 0.1) is 5.56 Å². The van der Waals surface area contributed by atoms with E-state index < -0.39 is 5.97 Å². The summed E-state index contributed by atoms with van der Waals surface area (Å²) in [5, 5.41) is 12.1. The lowest BCUT2D eigenvalue weighted by atomic mass is 10.1. The molecule has 0 unspecified atom stereocenters. The Morgan fingerprint density at radius 1 is 1.25 bits per heavy atom. The Morgan fingerprint density at radius 2 is 2.00 bits per heavy atom. The summed E-state index contributed by atoms with van der Waals surface area (Å²) in [6, 6.07) is 11.5. The quantitative estimate of drug-likeness (QED) is 0.868. The third-order valence-electron chi connectivity index (χ3n) is 2.83. The van der Waals surface area contributed by atoms with Gasteiger partial charge in [-0.3, -0.25) is 0 Å². The van der Waals surface area contributed by atoms with Gasteiger partial charge in [0.15, 0.2) is 0 Å². The molecule has 104 valence electrons. The fourth-order valence-electron chi connectivity index (χ4n) is 1.86. The van der Waals surface area contributed by atoms with Crippen molar-refractivity contribution in [1.29, 1.82) is 0 Å². The van der Waals surface area contributed by atoms with E-state index in [1.807, 2.05) is 0 Å². The van der Waals surface area contributed by atoms with Crippen LogP contribution in [0.25, 0.3) is 0 Å². The molecule has 0 atom stereocenters. The molecule has 0 fully saturated rings. The first-order valence-corrected chi connectivity index (χ1v) is 6.87. The number of benzene rings is 2. The van der Waals surface area contributed by atoms with E-state index in [0.29, 0.717) is 28.7 Å². The van der Waals surface area contributed by atoms with Crippen molar-refractivity contribution >= 4 is 27.6 Å². The smallest absolute Gasteiger partial charge is 0.335 e. The van der Waals surface area contributed by atoms with Crippen molar-refractivity contribution in [3.05, 3.63) is 63.9 Å². The molecule has 0 aliphatic heterocycles. The monoisotopic (exact) mass is 337 g/mol. The lowest BCUT2D eigenvalue weighted by Gasteiger charge is -2.08. The lowest BCUT2D eigenvalue weighted by Crippen LogP contribution is -2.07. The molecule has 0 amide bonds. The van der Waals surface area contributed by atoms with Crippen LogP contribution in [0.3, 0.4) is 0 Å². The highest BCUT2D eigenvalue weighted by molar-refractivity contribution is 9.10. The van der Waals surface area contributed by atoms with Gasteiger partial charge in [0.1, 0.15) is 5.82 Å². The van der Waals surface area contributed by atoms with Crippen LogP contribution in [0.15, 0.2) is 46.9 Å². The van der Waals surface area contributed by atoms with Crippen LogP contribution in [0.5, 0.6) is 0 Å². The van der Waals surface area contributed by atoms with Crippen LogP contribution in [-0.2, 0) is 6.42 Å². The number of carbonyl (C=O) groups is 1. The van der Waals surface area contributed by atoms with Gasteiger partial charge >= 0.3 is 5.97 Å². The van der Waals surface area contributed by atoms with Gasteiger partial charge in [-0.25, -0.2) is 9.18 Å². The molecular formula is C15H13BrFNO2. The highest BCUT2D eigenvalue weighted by atomic mass is 79.9. The molecule has 2 aromatic carbocycles. The molecule has 2 rings (SSSR count). The Labute approximate surface area is 124 Å². The van der Waals surface area contributed by atoms with Gasteiger partial charge in [-0.1, -0.05) is 34.1 Å². The van der Waals surface area contributed by atoms with Crippen LogP contribution in [0, 0.1) is 5.82 Å². The SMILES string of the molecule is O=C(O)c1cc(Br)cc(NCCc2ccccc2F)c1. The summed E-state index contributed by atoms with van der Waals surface area (Å²) in [7, 11) is 0. The molecule has 0 heterocycles. The van der Waals surface area contributed by atoms with Crippen LogP contribution >= 0.6 is 15.9 Å². The standard InChI is InChI=1S/C15H13BrFNO2/c16-12-7-11(15(19)20)8-13(9-12)18-6-5-10-3-1-2-4-14(10)17/h1-4,7-9,18H,5-6H2,(H,19,20). The van der Waals surface area contributed by atoms with Crippen LogP contribution in [0.4, 0.5) is 10.1 Å². The lowest BCUT2D eigenvalue weighted by molar-refractivity contribution is 0.0697. The number of halogens is 2. The Hall–Kier alpha value is -1.88. The fourth-order valence-corrected chi connectivity index (χ4v) is 2.35. The van der Waals surface area contributed by atoms with Gasteiger partial charge in [0, 0.05) is 16.7 Å². The van der Waals surface area contributed by atoms with Crippen molar-refractivity contribution in [3.63, 3.8) is 0 Å². The first kappa shape index (κ1) is 14.5. The predicted molar refractivity (Wildman–Crippen MR) is 79.7 cm³/mol. The summed E-state index contributed by atoms with van der Waals surface area (Å²) in [5.41, 5.74) is 1.52. The Kier molecular flexibility index (Phi) is 4.74. The maximum Gasteiger partial charge on any atom is 0.335 e. The van der Waals surface area contributed by atoms with E-state index in [9.17, 15) is 9.18 Å². The predicted octanol–water partition coefficient (Wildman–Crippen LogP) is 3.94. The highest BCUT2D eigenvalue weighted by Crippen LogP contribution is 2.20. The second-order valence-corrected chi connectivity index (χ2v) is 5.22. The molecular weight excluding hydrogens is 325 g/mol. The summed E-state index contributed by atoms with van der Waals surface area (Å²) in [6.45, 7) is 0.524. The second kappa shape index (κ2) is 6.52. The molecule has 0 spiro atoms. The number of aromatic carboxylic acids is 1. The maximum atomic E-state index is 13.4. The number of carboxylic acids is 1. The number of hydrogen-bond donors (Lipinski definition) is 2. The largest absolute Gasteiger partial charge is 0.478 e. The number of anilines is 1. The minimum atomic E-state index is -0.983. The van der Waals surface area contributed by atoms with E-state index in [4.69, 9.17) is 5.11 Å². The first-order valence-electron chi connectivity index (χ1n) is 6.07. The van der Waals surface area contributed by atoms with E-state index in [0.717, 1.165) is 0 Å². The Bertz CT molecular complexity index is 631. The van der Waals surface area contributed by atoms with Crippen molar-refractivity contribution in [2.45, 2.75) is 6.42 Å². The summed E-state index contributed by atoms with van der Waals surface area (Å²) >= 11 is 3.27. The number of hydrogen-bond acceptors (Lipinski definition) is 2.